The van der Waals surface area contributed by atoms with Gasteiger partial charge < -0.3 is 4.74 Å². The van der Waals surface area contributed by atoms with Crippen molar-refractivity contribution in [3.05, 3.63) is 66.0 Å². The van der Waals surface area contributed by atoms with E-state index in [1.54, 1.807) is 13.1 Å². The van der Waals surface area contributed by atoms with Crippen LogP contribution in [0.3, 0.4) is 0 Å². The van der Waals surface area contributed by atoms with Crippen LogP contribution in [0.5, 0.6) is 5.75 Å². The zero-order valence-electron chi connectivity index (χ0n) is 19.4. The molecule has 1 aliphatic carbocycles. The minimum Gasteiger partial charge on any atom is -0.481 e. The van der Waals surface area contributed by atoms with Crippen LogP contribution in [0.4, 0.5) is 0 Å². The van der Waals surface area contributed by atoms with E-state index in [0.29, 0.717) is 28.3 Å². The molecular weight excluding hydrogens is 430 g/mol. The Labute approximate surface area is 197 Å². The minimum absolute atomic E-state index is 0.114. The molecule has 0 radical (unpaired) electrons. The van der Waals surface area contributed by atoms with Gasteiger partial charge in [0.15, 0.2) is 11.8 Å². The Kier molecular flexibility index (Phi) is 5.65. The lowest BCUT2D eigenvalue weighted by molar-refractivity contribution is -0.128. The Balaban J connectivity index is 1.29. The van der Waals surface area contributed by atoms with Gasteiger partial charge in [-0.25, -0.2) is 9.67 Å². The first-order valence-corrected chi connectivity index (χ1v) is 11.5. The molecule has 1 unspecified atom stereocenters. The molecule has 1 fully saturated rings. The SMILES string of the molecule is CC(Oc1ccc2ccccc2c1)C(=O)NNC(=O)c1cc(C2CC2)nc2c1cnn2C(C)C. The van der Waals surface area contributed by atoms with Crippen molar-refractivity contribution in [1.82, 2.24) is 25.6 Å². The average molecular weight is 458 g/mol. The van der Waals surface area contributed by atoms with Crippen LogP contribution in [0.15, 0.2) is 54.7 Å². The van der Waals surface area contributed by atoms with Gasteiger partial charge in [-0.1, -0.05) is 30.3 Å². The highest BCUT2D eigenvalue weighted by molar-refractivity contribution is 6.06. The minimum atomic E-state index is -0.801. The number of nitrogens with zero attached hydrogens (tertiary/aromatic N) is 3. The Hall–Kier alpha value is -3.94. The summed E-state index contributed by atoms with van der Waals surface area (Å²) in [5.41, 5.74) is 7.03. The number of pyridine rings is 1. The van der Waals surface area contributed by atoms with Crippen molar-refractivity contribution in [2.45, 2.75) is 51.7 Å². The summed E-state index contributed by atoms with van der Waals surface area (Å²) in [6.45, 7) is 5.68. The van der Waals surface area contributed by atoms with E-state index in [1.165, 1.54) is 0 Å². The van der Waals surface area contributed by atoms with Crippen molar-refractivity contribution in [3.63, 3.8) is 0 Å². The number of benzene rings is 2. The first-order chi connectivity index (χ1) is 16.4. The van der Waals surface area contributed by atoms with E-state index in [0.717, 1.165) is 29.3 Å². The van der Waals surface area contributed by atoms with Crippen LogP contribution in [0.25, 0.3) is 21.8 Å². The zero-order chi connectivity index (χ0) is 23.8. The van der Waals surface area contributed by atoms with E-state index in [2.05, 4.69) is 16.0 Å². The highest BCUT2D eigenvalue weighted by Gasteiger charge is 2.28. The van der Waals surface area contributed by atoms with Gasteiger partial charge in [0.05, 0.1) is 17.1 Å². The lowest BCUT2D eigenvalue weighted by Gasteiger charge is -2.16. The predicted octanol–water partition coefficient (Wildman–Crippen LogP) is 4.27. The molecule has 1 aliphatic rings. The van der Waals surface area contributed by atoms with Crippen LogP contribution in [0, 0.1) is 0 Å². The van der Waals surface area contributed by atoms with Crippen molar-refractivity contribution in [2.24, 2.45) is 0 Å². The second kappa shape index (κ2) is 8.78. The number of hydrogen-bond donors (Lipinski definition) is 2. The van der Waals surface area contributed by atoms with Gasteiger partial charge in [0.25, 0.3) is 11.8 Å². The summed E-state index contributed by atoms with van der Waals surface area (Å²) in [6, 6.07) is 15.5. The van der Waals surface area contributed by atoms with Crippen molar-refractivity contribution in [2.75, 3.05) is 0 Å². The molecule has 1 saturated carbocycles. The maximum absolute atomic E-state index is 13.0. The molecule has 2 N–H and O–H groups in total. The van der Waals surface area contributed by atoms with E-state index >= 15 is 0 Å². The lowest BCUT2D eigenvalue weighted by atomic mass is 10.1. The molecular formula is C26H27N5O3. The maximum Gasteiger partial charge on any atom is 0.279 e. The standard InChI is InChI=1S/C26H27N5O3/c1-15(2)31-24-22(14-27-31)21(13-23(28-24)18-8-9-18)26(33)30-29-25(32)16(3)34-20-11-10-17-6-4-5-7-19(17)12-20/h4-7,10-16,18H,8-9H2,1-3H3,(H,29,32)(H,30,33). The molecule has 5 rings (SSSR count). The molecule has 1 atom stereocenters. The first-order valence-electron chi connectivity index (χ1n) is 11.5. The van der Waals surface area contributed by atoms with Gasteiger partial charge in [0.2, 0.25) is 0 Å². The number of ether oxygens (including phenoxy) is 1. The predicted molar refractivity (Wildman–Crippen MR) is 130 cm³/mol. The van der Waals surface area contributed by atoms with Crippen LogP contribution in [0.2, 0.25) is 0 Å². The number of hydrazine groups is 1. The van der Waals surface area contributed by atoms with E-state index in [9.17, 15) is 9.59 Å². The molecule has 0 aliphatic heterocycles. The quantitative estimate of drug-likeness (QED) is 0.421. The molecule has 8 nitrogen and oxygen atoms in total. The van der Waals surface area contributed by atoms with E-state index in [1.807, 2.05) is 67.1 Å². The maximum atomic E-state index is 13.0. The highest BCUT2D eigenvalue weighted by atomic mass is 16.5. The molecule has 4 aromatic rings. The normalized spacial score (nSPS) is 14.4. The largest absolute Gasteiger partial charge is 0.481 e. The third kappa shape index (κ3) is 4.31. The molecule has 2 aromatic carbocycles. The summed E-state index contributed by atoms with van der Waals surface area (Å²) in [5, 5.41) is 7.19. The molecule has 34 heavy (non-hydrogen) atoms. The van der Waals surface area contributed by atoms with Gasteiger partial charge in [0.1, 0.15) is 5.75 Å². The van der Waals surface area contributed by atoms with Crippen LogP contribution in [-0.4, -0.2) is 32.7 Å². The Morgan fingerprint density at radius 2 is 1.79 bits per heavy atom. The molecule has 2 amide bonds. The lowest BCUT2D eigenvalue weighted by Crippen LogP contribution is -2.47. The van der Waals surface area contributed by atoms with Crippen molar-refractivity contribution in [1.29, 1.82) is 0 Å². The van der Waals surface area contributed by atoms with Gasteiger partial charge in [-0.15, -0.1) is 0 Å². The Morgan fingerprint density at radius 1 is 1.03 bits per heavy atom. The second-order valence-corrected chi connectivity index (χ2v) is 9.00. The molecule has 174 valence electrons. The van der Waals surface area contributed by atoms with Gasteiger partial charge in [0, 0.05) is 17.7 Å². The smallest absolute Gasteiger partial charge is 0.279 e. The third-order valence-corrected chi connectivity index (χ3v) is 6.02. The van der Waals surface area contributed by atoms with Crippen molar-refractivity contribution in [3.8, 4) is 5.75 Å². The topological polar surface area (TPSA) is 98.1 Å². The number of rotatable bonds is 6. The fraction of sp³-hybridized carbons (Fsp3) is 0.308. The van der Waals surface area contributed by atoms with Gasteiger partial charge in [-0.05, 0) is 62.6 Å². The van der Waals surface area contributed by atoms with Crippen molar-refractivity contribution < 1.29 is 14.3 Å². The van der Waals surface area contributed by atoms with Gasteiger partial charge in [-0.3, -0.25) is 20.4 Å². The summed E-state index contributed by atoms with van der Waals surface area (Å²) in [5.74, 6) is 0.0890. The third-order valence-electron chi connectivity index (χ3n) is 6.02. The first kappa shape index (κ1) is 21.9. The number of fused-ring (bicyclic) bond motifs is 2. The number of hydrogen-bond acceptors (Lipinski definition) is 5. The molecule has 8 heteroatoms. The van der Waals surface area contributed by atoms with Crippen LogP contribution < -0.4 is 15.6 Å². The van der Waals surface area contributed by atoms with Gasteiger partial charge >= 0.3 is 0 Å². The zero-order valence-corrected chi connectivity index (χ0v) is 19.4. The molecule has 2 aromatic heterocycles. The summed E-state index contributed by atoms with van der Waals surface area (Å²) in [6.07, 6.45) is 2.98. The number of aromatic nitrogens is 3. The number of carbonyl (C=O) groups excluding carboxylic acids is 2. The Morgan fingerprint density at radius 3 is 2.53 bits per heavy atom. The summed E-state index contributed by atoms with van der Waals surface area (Å²) >= 11 is 0. The number of nitrogens with one attached hydrogen (secondary N) is 2. The summed E-state index contributed by atoms with van der Waals surface area (Å²) < 4.78 is 7.61. The van der Waals surface area contributed by atoms with Gasteiger partial charge in [-0.2, -0.15) is 5.10 Å². The van der Waals surface area contributed by atoms with E-state index in [-0.39, 0.29) is 6.04 Å². The number of carbonyl (C=O) groups is 2. The van der Waals surface area contributed by atoms with Crippen LogP contribution >= 0.6 is 0 Å². The fourth-order valence-corrected chi connectivity index (χ4v) is 3.98. The second-order valence-electron chi connectivity index (χ2n) is 9.00. The van der Waals surface area contributed by atoms with Crippen LogP contribution in [-0.2, 0) is 4.79 Å². The monoisotopic (exact) mass is 457 g/mol. The summed E-state index contributed by atoms with van der Waals surface area (Å²) in [4.78, 5) is 30.4. The molecule has 0 spiro atoms. The van der Waals surface area contributed by atoms with E-state index in [4.69, 9.17) is 9.72 Å². The molecule has 0 bridgehead atoms. The Bertz CT molecular complexity index is 1390. The highest BCUT2D eigenvalue weighted by Crippen LogP contribution is 2.40. The molecule has 2 heterocycles. The van der Waals surface area contributed by atoms with Crippen LogP contribution in [0.1, 0.15) is 61.6 Å². The average Bonchev–Trinajstić information content (AvgIpc) is 3.60. The fourth-order valence-electron chi connectivity index (χ4n) is 3.98. The molecule has 0 saturated heterocycles. The number of amides is 2. The van der Waals surface area contributed by atoms with E-state index < -0.39 is 17.9 Å². The van der Waals surface area contributed by atoms with Crippen molar-refractivity contribution >= 4 is 33.6 Å². The summed E-state index contributed by atoms with van der Waals surface area (Å²) in [7, 11) is 0.